The molecule has 1 aromatic carbocycles. The zero-order valence-electron chi connectivity index (χ0n) is 20.7. The summed E-state index contributed by atoms with van der Waals surface area (Å²) in [6.07, 6.45) is 1.13. The Morgan fingerprint density at radius 2 is 2.00 bits per heavy atom. The largest absolute Gasteiger partial charge is 0.426 e. The van der Waals surface area contributed by atoms with Gasteiger partial charge in [-0.05, 0) is 78.6 Å². The molecule has 0 aliphatic carbocycles. The first kappa shape index (κ1) is 24.8. The summed E-state index contributed by atoms with van der Waals surface area (Å²) in [6.45, 7) is 5.83. The molecule has 2 aromatic heterocycles. The lowest BCUT2D eigenvalue weighted by Crippen LogP contribution is -2.56. The standard InChI is InChI=1S/C27H31F3N4O2/c1-15(2)21-13-33-24-20(21)11-18(12-32-24)17-9-16-6-8-34(25(35)26(3,36)27(28,29)30)14-22(16)19(10-17)23-5-4-7-31-23/h9-13,15,23,31,36H,4-8,14H2,1-3H3,(H,32,33)/t23-,26-/m0/s1. The molecule has 36 heavy (non-hydrogen) atoms. The number of halogens is 3. The van der Waals surface area contributed by atoms with Crippen LogP contribution in [0.4, 0.5) is 13.2 Å². The zero-order valence-corrected chi connectivity index (χ0v) is 20.7. The third-order valence-electron chi connectivity index (χ3n) is 7.59. The number of aromatic nitrogens is 2. The Kier molecular flexibility index (Phi) is 6.11. The second-order valence-corrected chi connectivity index (χ2v) is 10.4. The maximum Gasteiger partial charge on any atom is 0.426 e. The van der Waals surface area contributed by atoms with E-state index in [4.69, 9.17) is 0 Å². The molecule has 1 amide bonds. The predicted octanol–water partition coefficient (Wildman–Crippen LogP) is 4.98. The van der Waals surface area contributed by atoms with Crippen LogP contribution in [0, 0.1) is 0 Å². The van der Waals surface area contributed by atoms with Crippen LogP contribution in [0.5, 0.6) is 0 Å². The molecule has 0 unspecified atom stereocenters. The number of amides is 1. The number of aromatic amines is 1. The van der Waals surface area contributed by atoms with Crippen LogP contribution in [0.1, 0.15) is 67.8 Å². The van der Waals surface area contributed by atoms with E-state index in [2.05, 4.69) is 47.3 Å². The Balaban J connectivity index is 1.56. The SMILES string of the molecule is CC(C)c1c[nH]c2ncc(-c3cc4c(c([C@@H]5CCCN5)c3)CN(C(=O)[C@](C)(O)C(F)(F)F)CC4)cc12. The Morgan fingerprint density at radius 3 is 2.67 bits per heavy atom. The van der Waals surface area contributed by atoms with Gasteiger partial charge in [0.25, 0.3) is 5.91 Å². The third-order valence-corrected chi connectivity index (χ3v) is 7.59. The van der Waals surface area contributed by atoms with E-state index in [1.807, 2.05) is 12.4 Å². The van der Waals surface area contributed by atoms with Crippen molar-refractivity contribution in [2.45, 2.75) is 70.3 Å². The summed E-state index contributed by atoms with van der Waals surface area (Å²) in [7, 11) is 0. The molecule has 0 spiro atoms. The fourth-order valence-electron chi connectivity index (χ4n) is 5.39. The van der Waals surface area contributed by atoms with E-state index in [0.717, 1.165) is 63.1 Å². The molecule has 1 fully saturated rings. The van der Waals surface area contributed by atoms with Gasteiger partial charge in [-0.3, -0.25) is 4.79 Å². The molecule has 3 aromatic rings. The number of carbonyl (C=O) groups excluding carboxylic acids is 1. The van der Waals surface area contributed by atoms with E-state index in [-0.39, 0.29) is 19.1 Å². The number of rotatable bonds is 4. The normalized spacial score (nSPS) is 20.1. The van der Waals surface area contributed by atoms with E-state index < -0.39 is 17.7 Å². The van der Waals surface area contributed by atoms with E-state index >= 15 is 0 Å². The third kappa shape index (κ3) is 4.18. The molecule has 2 atom stereocenters. The fraction of sp³-hybridized carbons (Fsp3) is 0.481. The molecule has 6 nitrogen and oxygen atoms in total. The molecule has 1 saturated heterocycles. The Morgan fingerprint density at radius 1 is 1.22 bits per heavy atom. The molecule has 192 valence electrons. The summed E-state index contributed by atoms with van der Waals surface area (Å²) < 4.78 is 40.1. The minimum atomic E-state index is -5.04. The van der Waals surface area contributed by atoms with Crippen molar-refractivity contribution >= 4 is 16.9 Å². The predicted molar refractivity (Wildman–Crippen MR) is 131 cm³/mol. The van der Waals surface area contributed by atoms with Crippen molar-refractivity contribution in [2.75, 3.05) is 13.1 Å². The number of alkyl halides is 3. The van der Waals surface area contributed by atoms with Crippen molar-refractivity contribution in [1.29, 1.82) is 0 Å². The van der Waals surface area contributed by atoms with Gasteiger partial charge in [0.2, 0.25) is 5.60 Å². The van der Waals surface area contributed by atoms with E-state index in [9.17, 15) is 23.1 Å². The first-order valence-electron chi connectivity index (χ1n) is 12.4. The Labute approximate surface area is 207 Å². The smallest absolute Gasteiger partial charge is 0.373 e. The topological polar surface area (TPSA) is 81.2 Å². The molecule has 0 radical (unpaired) electrons. The highest BCUT2D eigenvalue weighted by atomic mass is 19.4. The average molecular weight is 501 g/mol. The van der Waals surface area contributed by atoms with E-state index in [1.165, 1.54) is 5.56 Å². The molecule has 2 aliphatic heterocycles. The summed E-state index contributed by atoms with van der Waals surface area (Å²) in [5.74, 6) is -0.964. The van der Waals surface area contributed by atoms with Gasteiger partial charge in [-0.15, -0.1) is 0 Å². The van der Waals surface area contributed by atoms with Gasteiger partial charge < -0.3 is 20.3 Å². The molecule has 0 saturated carbocycles. The minimum absolute atomic E-state index is 0.0424. The quantitative estimate of drug-likeness (QED) is 0.472. The number of nitrogens with zero attached hydrogens (tertiary/aromatic N) is 2. The second kappa shape index (κ2) is 8.88. The van der Waals surface area contributed by atoms with Gasteiger partial charge in [0, 0.05) is 42.5 Å². The van der Waals surface area contributed by atoms with Gasteiger partial charge >= 0.3 is 6.18 Å². The van der Waals surface area contributed by atoms with E-state index in [1.54, 1.807) is 0 Å². The van der Waals surface area contributed by atoms with Crippen LogP contribution in [0.25, 0.3) is 22.2 Å². The van der Waals surface area contributed by atoms with Crippen LogP contribution in [0.2, 0.25) is 0 Å². The highest BCUT2D eigenvalue weighted by Gasteiger charge is 2.57. The number of fused-ring (bicyclic) bond motifs is 2. The minimum Gasteiger partial charge on any atom is -0.373 e. The molecule has 9 heteroatoms. The molecule has 3 N–H and O–H groups in total. The van der Waals surface area contributed by atoms with Crippen LogP contribution < -0.4 is 5.32 Å². The lowest BCUT2D eigenvalue weighted by atomic mass is 9.86. The van der Waals surface area contributed by atoms with Crippen LogP contribution in [-0.4, -0.2) is 50.7 Å². The van der Waals surface area contributed by atoms with Gasteiger partial charge in [0.1, 0.15) is 5.65 Å². The summed E-state index contributed by atoms with van der Waals surface area (Å²) >= 11 is 0. The number of pyridine rings is 1. The van der Waals surface area contributed by atoms with E-state index in [0.29, 0.717) is 19.3 Å². The monoisotopic (exact) mass is 500 g/mol. The summed E-state index contributed by atoms with van der Waals surface area (Å²) in [5.41, 5.74) is 3.49. The maximum absolute atomic E-state index is 13.4. The van der Waals surface area contributed by atoms with Crippen LogP contribution >= 0.6 is 0 Å². The Hall–Kier alpha value is -2.91. The second-order valence-electron chi connectivity index (χ2n) is 10.4. The average Bonchev–Trinajstić information content (AvgIpc) is 3.51. The van der Waals surface area contributed by atoms with Crippen molar-refractivity contribution < 1.29 is 23.1 Å². The number of benzene rings is 1. The number of carbonyl (C=O) groups is 1. The summed E-state index contributed by atoms with van der Waals surface area (Å²) in [6, 6.07) is 6.36. The first-order valence-corrected chi connectivity index (χ1v) is 12.4. The van der Waals surface area contributed by atoms with Gasteiger partial charge in [-0.2, -0.15) is 13.2 Å². The maximum atomic E-state index is 13.4. The van der Waals surface area contributed by atoms with Crippen molar-refractivity contribution in [3.8, 4) is 11.1 Å². The van der Waals surface area contributed by atoms with Gasteiger partial charge in [-0.25, -0.2) is 4.98 Å². The van der Waals surface area contributed by atoms with Crippen molar-refractivity contribution in [3.05, 3.63) is 52.8 Å². The lowest BCUT2D eigenvalue weighted by molar-refractivity contribution is -0.250. The van der Waals surface area contributed by atoms with Crippen molar-refractivity contribution in [3.63, 3.8) is 0 Å². The number of H-pyrrole nitrogens is 1. The molecular formula is C27H31F3N4O2. The van der Waals surface area contributed by atoms with Gasteiger partial charge in [-0.1, -0.05) is 19.9 Å². The fourth-order valence-corrected chi connectivity index (χ4v) is 5.39. The first-order chi connectivity index (χ1) is 17.0. The highest BCUT2D eigenvalue weighted by molar-refractivity contribution is 5.87. The van der Waals surface area contributed by atoms with Crippen LogP contribution in [0.15, 0.2) is 30.6 Å². The summed E-state index contributed by atoms with van der Waals surface area (Å²) in [5, 5.41) is 14.6. The zero-order chi connectivity index (χ0) is 25.8. The number of hydrogen-bond donors (Lipinski definition) is 3. The number of hydrogen-bond acceptors (Lipinski definition) is 4. The molecule has 5 rings (SSSR count). The van der Waals surface area contributed by atoms with Crippen LogP contribution in [-0.2, 0) is 17.8 Å². The molecule has 2 aliphatic rings. The molecule has 4 heterocycles. The Bertz CT molecular complexity index is 1310. The summed E-state index contributed by atoms with van der Waals surface area (Å²) in [4.78, 5) is 21.7. The van der Waals surface area contributed by atoms with Gasteiger partial charge in [0.15, 0.2) is 0 Å². The lowest BCUT2D eigenvalue weighted by Gasteiger charge is -2.36. The van der Waals surface area contributed by atoms with Gasteiger partial charge in [0.05, 0.1) is 0 Å². The van der Waals surface area contributed by atoms with Crippen molar-refractivity contribution in [2.24, 2.45) is 0 Å². The van der Waals surface area contributed by atoms with Crippen LogP contribution in [0.3, 0.4) is 0 Å². The number of nitrogens with one attached hydrogen (secondary N) is 2. The molecular weight excluding hydrogens is 469 g/mol. The van der Waals surface area contributed by atoms with Crippen molar-refractivity contribution in [1.82, 2.24) is 20.2 Å². The molecule has 0 bridgehead atoms. The highest BCUT2D eigenvalue weighted by Crippen LogP contribution is 2.38. The number of aliphatic hydroxyl groups is 1.